The van der Waals surface area contributed by atoms with Gasteiger partial charge in [-0.3, -0.25) is 14.2 Å². The zero-order chi connectivity index (χ0) is 25.9. The maximum atomic E-state index is 13.8. The van der Waals surface area contributed by atoms with E-state index in [1.54, 1.807) is 23.0 Å². The molecule has 1 aliphatic rings. The molecule has 37 heavy (non-hydrogen) atoms. The molecule has 0 atom stereocenters. The summed E-state index contributed by atoms with van der Waals surface area (Å²) in [6.07, 6.45) is 4.15. The molecule has 7 nitrogen and oxygen atoms in total. The summed E-state index contributed by atoms with van der Waals surface area (Å²) in [5, 5.41) is 5.48. The van der Waals surface area contributed by atoms with Crippen LogP contribution in [0.15, 0.2) is 63.6 Å². The van der Waals surface area contributed by atoms with Gasteiger partial charge in [-0.15, -0.1) is 11.3 Å². The molecule has 1 N–H and O–H groups in total. The molecule has 0 bridgehead atoms. The number of aryl methyl sites for hydroxylation is 3. The second-order valence-corrected chi connectivity index (χ2v) is 11.0. The molecule has 1 aliphatic carbocycles. The minimum atomic E-state index is -0.270. The summed E-state index contributed by atoms with van der Waals surface area (Å²) in [6.45, 7) is 3.84. The van der Waals surface area contributed by atoms with E-state index in [1.807, 2.05) is 62.4 Å². The van der Waals surface area contributed by atoms with E-state index in [0.29, 0.717) is 10.9 Å². The number of rotatable bonds is 7. The van der Waals surface area contributed by atoms with Gasteiger partial charge in [0.1, 0.15) is 10.6 Å². The number of carbonyl (C=O) groups excluding carboxylic acids is 1. The SMILES string of the molecule is COc1ccc(C(C)=NNC(=O)CSc2nc3sc4c(c3c(=O)n2-c2ccc(C)cc2)CCCC4)cc1. The Morgan fingerprint density at radius 2 is 1.86 bits per heavy atom. The van der Waals surface area contributed by atoms with Crippen molar-refractivity contribution in [2.75, 3.05) is 12.9 Å². The van der Waals surface area contributed by atoms with Gasteiger partial charge in [0.25, 0.3) is 11.5 Å². The number of nitrogens with zero attached hydrogens (tertiary/aromatic N) is 3. The second-order valence-electron chi connectivity index (χ2n) is 9.01. The fourth-order valence-electron chi connectivity index (χ4n) is 4.41. The number of amides is 1. The molecule has 9 heteroatoms. The van der Waals surface area contributed by atoms with E-state index in [0.717, 1.165) is 64.0 Å². The lowest BCUT2D eigenvalue weighted by molar-refractivity contribution is -0.118. The van der Waals surface area contributed by atoms with Crippen LogP contribution >= 0.6 is 23.1 Å². The Balaban J connectivity index is 1.41. The van der Waals surface area contributed by atoms with Crippen LogP contribution in [0.5, 0.6) is 5.75 Å². The van der Waals surface area contributed by atoms with Crippen molar-refractivity contribution in [1.29, 1.82) is 0 Å². The molecule has 0 spiro atoms. The van der Waals surface area contributed by atoms with Gasteiger partial charge in [0.2, 0.25) is 0 Å². The smallest absolute Gasteiger partial charge is 0.267 e. The highest BCUT2D eigenvalue weighted by molar-refractivity contribution is 7.99. The van der Waals surface area contributed by atoms with Crippen LogP contribution in [0.2, 0.25) is 0 Å². The van der Waals surface area contributed by atoms with Crippen LogP contribution in [-0.2, 0) is 17.6 Å². The maximum absolute atomic E-state index is 13.8. The first-order chi connectivity index (χ1) is 17.9. The van der Waals surface area contributed by atoms with Crippen LogP contribution in [-0.4, -0.2) is 34.0 Å². The minimum absolute atomic E-state index is 0.0652. The first-order valence-corrected chi connectivity index (χ1v) is 14.0. The number of carbonyl (C=O) groups is 1. The standard InChI is InChI=1S/C28H28N4O3S2/c1-17-8-12-20(13-9-17)32-27(34)25-22-6-4-5-7-23(22)37-26(25)29-28(32)36-16-24(33)31-30-18(2)19-10-14-21(35-3)15-11-19/h8-15H,4-7,16H2,1-3H3,(H,31,33). The number of methoxy groups -OCH3 is 1. The number of thioether (sulfide) groups is 1. The van der Waals surface area contributed by atoms with E-state index < -0.39 is 0 Å². The number of fused-ring (bicyclic) bond motifs is 3. The van der Waals surface area contributed by atoms with Gasteiger partial charge in [-0.05, 0) is 87.1 Å². The van der Waals surface area contributed by atoms with Crippen molar-refractivity contribution in [2.24, 2.45) is 5.10 Å². The average molecular weight is 533 g/mol. The highest BCUT2D eigenvalue weighted by Gasteiger charge is 2.23. The Labute approximate surface area is 223 Å². The Kier molecular flexibility index (Phi) is 7.43. The van der Waals surface area contributed by atoms with E-state index in [1.165, 1.54) is 16.6 Å². The van der Waals surface area contributed by atoms with Gasteiger partial charge in [-0.2, -0.15) is 5.10 Å². The molecular formula is C28H28N4O3S2. The molecule has 5 rings (SSSR count). The van der Waals surface area contributed by atoms with E-state index >= 15 is 0 Å². The lowest BCUT2D eigenvalue weighted by Crippen LogP contribution is -2.24. The first kappa shape index (κ1) is 25.2. The zero-order valence-electron chi connectivity index (χ0n) is 21.0. The lowest BCUT2D eigenvalue weighted by atomic mass is 9.97. The molecule has 0 fully saturated rings. The largest absolute Gasteiger partial charge is 0.497 e. The number of hydrogen-bond donors (Lipinski definition) is 1. The molecule has 190 valence electrons. The third-order valence-corrected chi connectivity index (χ3v) is 8.56. The van der Waals surface area contributed by atoms with Crippen molar-refractivity contribution in [3.05, 3.63) is 80.5 Å². The molecule has 0 saturated heterocycles. The zero-order valence-corrected chi connectivity index (χ0v) is 22.7. The molecule has 0 aliphatic heterocycles. The maximum Gasteiger partial charge on any atom is 0.267 e. The van der Waals surface area contributed by atoms with Gasteiger partial charge in [-0.25, -0.2) is 10.4 Å². The number of aromatic nitrogens is 2. The van der Waals surface area contributed by atoms with Crippen LogP contribution in [0.4, 0.5) is 0 Å². The molecule has 2 aromatic carbocycles. The number of hydrogen-bond acceptors (Lipinski definition) is 7. The van der Waals surface area contributed by atoms with Crippen molar-refractivity contribution in [3.8, 4) is 11.4 Å². The van der Waals surface area contributed by atoms with Crippen molar-refractivity contribution < 1.29 is 9.53 Å². The second kappa shape index (κ2) is 10.9. The third kappa shape index (κ3) is 5.33. The van der Waals surface area contributed by atoms with Gasteiger partial charge in [0, 0.05) is 4.88 Å². The molecule has 2 aromatic heterocycles. The predicted molar refractivity (Wildman–Crippen MR) is 151 cm³/mol. The van der Waals surface area contributed by atoms with Gasteiger partial charge >= 0.3 is 0 Å². The Morgan fingerprint density at radius 3 is 2.59 bits per heavy atom. The van der Waals surface area contributed by atoms with Crippen LogP contribution in [0.25, 0.3) is 15.9 Å². The Hall–Kier alpha value is -3.43. The van der Waals surface area contributed by atoms with E-state index in [2.05, 4.69) is 10.5 Å². The van der Waals surface area contributed by atoms with Crippen LogP contribution < -0.4 is 15.7 Å². The summed E-state index contributed by atoms with van der Waals surface area (Å²) in [4.78, 5) is 33.4. The van der Waals surface area contributed by atoms with Crippen molar-refractivity contribution in [1.82, 2.24) is 15.0 Å². The summed E-state index contributed by atoms with van der Waals surface area (Å²) in [5.74, 6) is 0.565. The van der Waals surface area contributed by atoms with E-state index in [-0.39, 0.29) is 17.2 Å². The third-order valence-electron chi connectivity index (χ3n) is 6.44. The van der Waals surface area contributed by atoms with Crippen LogP contribution in [0.1, 0.15) is 41.3 Å². The summed E-state index contributed by atoms with van der Waals surface area (Å²) in [6, 6.07) is 15.3. The lowest BCUT2D eigenvalue weighted by Gasteiger charge is -2.13. The average Bonchev–Trinajstić information content (AvgIpc) is 3.30. The van der Waals surface area contributed by atoms with Crippen LogP contribution in [0, 0.1) is 6.92 Å². The molecular weight excluding hydrogens is 504 g/mol. The summed E-state index contributed by atoms with van der Waals surface area (Å²) in [7, 11) is 1.62. The number of nitrogens with one attached hydrogen (secondary N) is 1. The topological polar surface area (TPSA) is 85.6 Å². The van der Waals surface area contributed by atoms with E-state index in [9.17, 15) is 9.59 Å². The Morgan fingerprint density at radius 1 is 1.14 bits per heavy atom. The predicted octanol–water partition coefficient (Wildman–Crippen LogP) is 5.28. The number of thiophene rings is 1. The van der Waals surface area contributed by atoms with Crippen molar-refractivity contribution in [2.45, 2.75) is 44.7 Å². The highest BCUT2D eigenvalue weighted by Crippen LogP contribution is 2.35. The quantitative estimate of drug-likeness (QED) is 0.152. The van der Waals surface area contributed by atoms with E-state index in [4.69, 9.17) is 9.72 Å². The fourth-order valence-corrected chi connectivity index (χ4v) is 6.52. The molecule has 2 heterocycles. The first-order valence-electron chi connectivity index (χ1n) is 12.2. The summed E-state index contributed by atoms with van der Waals surface area (Å²) in [5.41, 5.74) is 7.13. The van der Waals surface area contributed by atoms with Gasteiger partial charge in [0.15, 0.2) is 5.16 Å². The normalized spacial score (nSPS) is 13.4. The summed E-state index contributed by atoms with van der Waals surface area (Å²) >= 11 is 2.86. The van der Waals surface area contributed by atoms with Gasteiger partial charge < -0.3 is 4.74 Å². The molecule has 0 saturated carbocycles. The minimum Gasteiger partial charge on any atom is -0.497 e. The number of benzene rings is 2. The number of ether oxygens (including phenoxy) is 1. The van der Waals surface area contributed by atoms with Gasteiger partial charge in [-0.1, -0.05) is 29.5 Å². The van der Waals surface area contributed by atoms with Crippen molar-refractivity contribution in [3.63, 3.8) is 0 Å². The van der Waals surface area contributed by atoms with Crippen LogP contribution in [0.3, 0.4) is 0 Å². The fraction of sp³-hybridized carbons (Fsp3) is 0.286. The molecule has 4 aromatic rings. The summed E-state index contributed by atoms with van der Waals surface area (Å²) < 4.78 is 6.83. The Bertz CT molecular complexity index is 1540. The highest BCUT2D eigenvalue weighted by atomic mass is 32.2. The van der Waals surface area contributed by atoms with Gasteiger partial charge in [0.05, 0.1) is 29.6 Å². The molecule has 0 unspecified atom stereocenters. The molecule has 0 radical (unpaired) electrons. The number of hydrazone groups is 1. The molecule has 1 amide bonds. The van der Waals surface area contributed by atoms with Crippen molar-refractivity contribution >= 4 is 44.9 Å². The monoisotopic (exact) mass is 532 g/mol.